The van der Waals surface area contributed by atoms with E-state index in [4.69, 9.17) is 14.6 Å². The summed E-state index contributed by atoms with van der Waals surface area (Å²) in [6.45, 7) is 1.20. The zero-order valence-electron chi connectivity index (χ0n) is 7.80. The first-order valence-corrected chi connectivity index (χ1v) is 4.21. The van der Waals surface area contributed by atoms with Crippen LogP contribution < -0.4 is 0 Å². The maximum atomic E-state index is 9.73. The van der Waals surface area contributed by atoms with Crippen molar-refractivity contribution >= 4 is 0 Å². The average Bonchev–Trinajstić information content (AvgIpc) is 2.39. The number of hydrogen-bond acceptors (Lipinski definition) is 5. The van der Waals surface area contributed by atoms with Crippen LogP contribution in [0, 0.1) is 0 Å². The highest BCUT2D eigenvalue weighted by molar-refractivity contribution is 4.90. The standard InChI is InChI=1S/C8H16O5/c1-8(11)3-6(5(10)4-9)13-7(8)12-2/h5-7,9-11H,3-4H2,1-2H3/t5?,6-,7-,8+/m0/s1. The first kappa shape index (κ1) is 10.9. The van der Waals surface area contributed by atoms with Gasteiger partial charge in [0.05, 0.1) is 12.7 Å². The highest BCUT2D eigenvalue weighted by Crippen LogP contribution is 2.32. The maximum Gasteiger partial charge on any atom is 0.186 e. The molecule has 5 heteroatoms. The van der Waals surface area contributed by atoms with Gasteiger partial charge in [-0.25, -0.2) is 0 Å². The maximum absolute atomic E-state index is 9.73. The van der Waals surface area contributed by atoms with Gasteiger partial charge in [-0.15, -0.1) is 0 Å². The molecule has 0 spiro atoms. The second kappa shape index (κ2) is 3.89. The summed E-state index contributed by atoms with van der Waals surface area (Å²) in [6, 6.07) is 0. The summed E-state index contributed by atoms with van der Waals surface area (Å²) >= 11 is 0. The molecule has 0 amide bonds. The molecule has 5 nitrogen and oxygen atoms in total. The minimum absolute atomic E-state index is 0.257. The number of ether oxygens (including phenoxy) is 2. The van der Waals surface area contributed by atoms with Crippen LogP contribution in [0.1, 0.15) is 13.3 Å². The van der Waals surface area contributed by atoms with Crippen LogP contribution in [0.25, 0.3) is 0 Å². The van der Waals surface area contributed by atoms with Gasteiger partial charge in [-0.1, -0.05) is 0 Å². The van der Waals surface area contributed by atoms with Crippen LogP contribution >= 0.6 is 0 Å². The number of aliphatic hydroxyl groups excluding tert-OH is 2. The van der Waals surface area contributed by atoms with Crippen LogP contribution in [0.5, 0.6) is 0 Å². The molecule has 0 aromatic heterocycles. The molecule has 0 aliphatic carbocycles. The average molecular weight is 192 g/mol. The van der Waals surface area contributed by atoms with Crippen molar-refractivity contribution < 1.29 is 24.8 Å². The number of hydrogen-bond donors (Lipinski definition) is 3. The SMILES string of the molecule is CO[C@H]1O[C@H](C(O)CO)C[C@@]1(C)O. The van der Waals surface area contributed by atoms with Crippen molar-refractivity contribution in [3.05, 3.63) is 0 Å². The molecule has 0 saturated carbocycles. The Bertz CT molecular complexity index is 170. The van der Waals surface area contributed by atoms with Gasteiger partial charge in [-0.05, 0) is 6.92 Å². The Balaban J connectivity index is 2.58. The second-order valence-corrected chi connectivity index (χ2v) is 3.55. The van der Waals surface area contributed by atoms with Crippen LogP contribution in [-0.4, -0.2) is 53.1 Å². The predicted octanol–water partition coefficient (Wildman–Crippen LogP) is -1.15. The molecule has 0 aromatic rings. The van der Waals surface area contributed by atoms with Crippen LogP contribution in [0.4, 0.5) is 0 Å². The van der Waals surface area contributed by atoms with Crippen molar-refractivity contribution in [2.75, 3.05) is 13.7 Å². The van der Waals surface area contributed by atoms with E-state index in [-0.39, 0.29) is 13.0 Å². The first-order chi connectivity index (χ1) is 6.01. The molecule has 1 heterocycles. The van der Waals surface area contributed by atoms with Crippen molar-refractivity contribution in [1.82, 2.24) is 0 Å². The van der Waals surface area contributed by atoms with Crippen molar-refractivity contribution in [3.63, 3.8) is 0 Å². The highest BCUT2D eigenvalue weighted by Gasteiger charge is 2.46. The van der Waals surface area contributed by atoms with Crippen molar-refractivity contribution in [2.45, 2.75) is 37.4 Å². The second-order valence-electron chi connectivity index (χ2n) is 3.55. The lowest BCUT2D eigenvalue weighted by atomic mass is 9.99. The van der Waals surface area contributed by atoms with Gasteiger partial charge < -0.3 is 24.8 Å². The highest BCUT2D eigenvalue weighted by atomic mass is 16.7. The number of rotatable bonds is 3. The molecule has 1 fully saturated rings. The zero-order chi connectivity index (χ0) is 10.1. The van der Waals surface area contributed by atoms with E-state index in [0.29, 0.717) is 0 Å². The van der Waals surface area contributed by atoms with Crippen LogP contribution in [0.3, 0.4) is 0 Å². The molecule has 1 aliphatic heterocycles. The molecular weight excluding hydrogens is 176 g/mol. The number of methoxy groups -OCH3 is 1. The molecule has 0 radical (unpaired) electrons. The Morgan fingerprint density at radius 3 is 2.69 bits per heavy atom. The molecular formula is C8H16O5. The Hall–Kier alpha value is -0.200. The van der Waals surface area contributed by atoms with E-state index in [9.17, 15) is 10.2 Å². The molecule has 1 unspecified atom stereocenters. The fraction of sp³-hybridized carbons (Fsp3) is 1.00. The lowest BCUT2D eigenvalue weighted by Gasteiger charge is -2.21. The van der Waals surface area contributed by atoms with E-state index in [1.807, 2.05) is 0 Å². The molecule has 13 heavy (non-hydrogen) atoms. The number of aliphatic hydroxyl groups is 3. The van der Waals surface area contributed by atoms with Gasteiger partial charge in [-0.2, -0.15) is 0 Å². The molecule has 1 rings (SSSR count). The molecule has 78 valence electrons. The summed E-state index contributed by atoms with van der Waals surface area (Å²) in [5.41, 5.74) is -1.10. The largest absolute Gasteiger partial charge is 0.394 e. The van der Waals surface area contributed by atoms with Gasteiger partial charge in [0.1, 0.15) is 11.7 Å². The van der Waals surface area contributed by atoms with E-state index in [1.54, 1.807) is 6.92 Å². The van der Waals surface area contributed by atoms with Gasteiger partial charge in [0, 0.05) is 13.5 Å². The lowest BCUT2D eigenvalue weighted by Crippen LogP contribution is -2.35. The van der Waals surface area contributed by atoms with Crippen LogP contribution in [0.15, 0.2) is 0 Å². The summed E-state index contributed by atoms with van der Waals surface area (Å²) in [4.78, 5) is 0. The monoisotopic (exact) mass is 192 g/mol. The van der Waals surface area contributed by atoms with E-state index in [0.717, 1.165) is 0 Å². The Labute approximate surface area is 76.9 Å². The summed E-state index contributed by atoms with van der Waals surface area (Å²) in [7, 11) is 1.42. The van der Waals surface area contributed by atoms with Gasteiger partial charge in [0.15, 0.2) is 6.29 Å². The van der Waals surface area contributed by atoms with Gasteiger partial charge in [0.2, 0.25) is 0 Å². The Morgan fingerprint density at radius 2 is 2.31 bits per heavy atom. The summed E-state index contributed by atoms with van der Waals surface area (Å²) in [6.07, 6.45) is -2.01. The third-order valence-corrected chi connectivity index (χ3v) is 2.25. The first-order valence-electron chi connectivity index (χ1n) is 4.21. The van der Waals surface area contributed by atoms with Crippen LogP contribution in [0.2, 0.25) is 0 Å². The normalized spacial score (nSPS) is 42.2. The predicted molar refractivity (Wildman–Crippen MR) is 44.0 cm³/mol. The van der Waals surface area contributed by atoms with E-state index >= 15 is 0 Å². The van der Waals surface area contributed by atoms with E-state index in [2.05, 4.69) is 0 Å². The van der Waals surface area contributed by atoms with Crippen LogP contribution in [-0.2, 0) is 9.47 Å². The minimum Gasteiger partial charge on any atom is -0.394 e. The van der Waals surface area contributed by atoms with E-state index < -0.39 is 24.1 Å². The summed E-state index contributed by atoms with van der Waals surface area (Å²) in [5.74, 6) is 0. The molecule has 4 atom stereocenters. The van der Waals surface area contributed by atoms with E-state index in [1.165, 1.54) is 7.11 Å². The quantitative estimate of drug-likeness (QED) is 0.526. The van der Waals surface area contributed by atoms with Crippen molar-refractivity contribution in [3.8, 4) is 0 Å². The fourth-order valence-corrected chi connectivity index (χ4v) is 1.51. The molecule has 1 saturated heterocycles. The van der Waals surface area contributed by atoms with Gasteiger partial charge in [-0.3, -0.25) is 0 Å². The van der Waals surface area contributed by atoms with Crippen molar-refractivity contribution in [1.29, 1.82) is 0 Å². The Kier molecular flexibility index (Phi) is 3.26. The third kappa shape index (κ3) is 2.18. The molecule has 0 bridgehead atoms. The smallest absolute Gasteiger partial charge is 0.186 e. The minimum atomic E-state index is -1.10. The third-order valence-electron chi connectivity index (χ3n) is 2.25. The summed E-state index contributed by atoms with van der Waals surface area (Å²) < 4.78 is 10.1. The lowest BCUT2D eigenvalue weighted by molar-refractivity contribution is -0.191. The topological polar surface area (TPSA) is 79.2 Å². The van der Waals surface area contributed by atoms with Gasteiger partial charge >= 0.3 is 0 Å². The molecule has 1 aliphatic rings. The Morgan fingerprint density at radius 1 is 1.69 bits per heavy atom. The summed E-state index contributed by atoms with van der Waals surface area (Å²) in [5, 5.41) is 27.7. The fourth-order valence-electron chi connectivity index (χ4n) is 1.51. The molecule has 3 N–H and O–H groups in total. The van der Waals surface area contributed by atoms with Gasteiger partial charge in [0.25, 0.3) is 0 Å². The van der Waals surface area contributed by atoms with Crippen molar-refractivity contribution in [2.24, 2.45) is 0 Å². The molecule has 0 aromatic carbocycles. The zero-order valence-corrected chi connectivity index (χ0v) is 7.80.